The monoisotopic (exact) mass is 442 g/mol. The summed E-state index contributed by atoms with van der Waals surface area (Å²) in [4.78, 5) is 26.4. The van der Waals surface area contributed by atoms with E-state index in [0.29, 0.717) is 0 Å². The van der Waals surface area contributed by atoms with Gasteiger partial charge in [-0.25, -0.2) is 0 Å². The first kappa shape index (κ1) is 28.5. The molecule has 0 saturated heterocycles. The van der Waals surface area contributed by atoms with Gasteiger partial charge in [0.15, 0.2) is 0 Å². The largest absolute Gasteiger partial charge is 3.00 e. The molecule has 0 amide bonds. The van der Waals surface area contributed by atoms with Gasteiger partial charge in [0.1, 0.15) is 17.9 Å². The molecule has 0 aromatic carbocycles. The molecule has 0 N–H and O–H groups in total. The van der Waals surface area contributed by atoms with Crippen LogP contribution >= 0.6 is 0 Å². The minimum atomic E-state index is -5.19. The Hall–Kier alpha value is -1.60. The zero-order valence-corrected chi connectivity index (χ0v) is 10.8. The Balaban J connectivity index is -0.000000108. The number of aliphatic carboxylic acids is 3. The van der Waals surface area contributed by atoms with Gasteiger partial charge in [-0.2, -0.15) is 39.5 Å². The molecule has 6 nitrogen and oxygen atoms in total. The molecular weight excluding hydrogens is 442 g/mol. The van der Waals surface area contributed by atoms with Gasteiger partial charge in [0, 0.05) is 0 Å². The van der Waals surface area contributed by atoms with Gasteiger partial charge in [-0.3, -0.25) is 0 Å². The summed E-state index contributed by atoms with van der Waals surface area (Å²) in [6.07, 6.45) is -15.6. The topological polar surface area (TPSA) is 120 Å². The molecule has 0 aliphatic rings. The van der Waals surface area contributed by atoms with Crippen LogP contribution in [0.4, 0.5) is 39.5 Å². The Bertz CT molecular complexity index is 313. The summed E-state index contributed by atoms with van der Waals surface area (Å²) in [6, 6.07) is 0. The molecule has 0 atom stereocenters. The van der Waals surface area contributed by atoms with Crippen molar-refractivity contribution >= 4 is 17.9 Å². The molecule has 132 valence electrons. The van der Waals surface area contributed by atoms with Crippen LogP contribution in [0.3, 0.4) is 0 Å². The molecule has 0 saturated carbocycles. The van der Waals surface area contributed by atoms with Crippen molar-refractivity contribution in [1.82, 2.24) is 0 Å². The molecule has 0 unspecified atom stereocenters. The molecule has 0 aliphatic carbocycles. The van der Waals surface area contributed by atoms with E-state index in [-0.39, 0.29) is 19.5 Å². The summed E-state index contributed by atoms with van der Waals surface area (Å²) in [5, 5.41) is 26.4. The zero-order chi connectivity index (χ0) is 18.2. The van der Waals surface area contributed by atoms with Gasteiger partial charge < -0.3 is 29.7 Å². The van der Waals surface area contributed by atoms with Gasteiger partial charge in [0.2, 0.25) is 0 Å². The number of halogens is 9. The molecule has 0 aromatic rings. The van der Waals surface area contributed by atoms with E-state index >= 15 is 0 Å². The van der Waals surface area contributed by atoms with E-state index in [0.717, 1.165) is 0 Å². The van der Waals surface area contributed by atoms with Crippen molar-refractivity contribution in [2.45, 2.75) is 18.5 Å². The molecule has 0 aliphatic heterocycles. The van der Waals surface area contributed by atoms with Crippen molar-refractivity contribution in [2.75, 3.05) is 0 Å². The van der Waals surface area contributed by atoms with Crippen molar-refractivity contribution in [3.8, 4) is 0 Å². The summed E-state index contributed by atoms with van der Waals surface area (Å²) in [7, 11) is 0. The van der Waals surface area contributed by atoms with Gasteiger partial charge in [-0.1, -0.05) is 0 Å². The van der Waals surface area contributed by atoms with E-state index in [1.165, 1.54) is 0 Å². The first-order chi connectivity index (χ1) is 8.83. The van der Waals surface area contributed by atoms with E-state index < -0.39 is 36.4 Å². The average molecular weight is 442 g/mol. The number of carboxylic acids is 3. The van der Waals surface area contributed by atoms with Crippen LogP contribution < -0.4 is 15.3 Å². The van der Waals surface area contributed by atoms with Crippen molar-refractivity contribution in [1.29, 1.82) is 0 Å². The van der Waals surface area contributed by atoms with Gasteiger partial charge in [0.05, 0.1) is 0 Å². The molecule has 0 spiro atoms. The number of carbonyl (C=O) groups excluding carboxylic acids is 3. The average Bonchev–Trinajstić information content (AvgIpc) is 2.14. The van der Waals surface area contributed by atoms with E-state index in [1.54, 1.807) is 0 Å². The smallest absolute Gasteiger partial charge is 0.542 e. The molecular formula is C6F9O6Rh. The standard InChI is InChI=1S/3C2HF3O2.Rh/c3*3-2(4,5)1(6)7;/h3*(H,6,7);/q;;;+3/p-3. The van der Waals surface area contributed by atoms with Gasteiger partial charge in [-0.05, 0) is 0 Å². The third-order valence-corrected chi connectivity index (χ3v) is 0.694. The van der Waals surface area contributed by atoms with Crippen molar-refractivity contribution in [3.63, 3.8) is 0 Å². The molecule has 16 heteroatoms. The number of rotatable bonds is 0. The van der Waals surface area contributed by atoms with E-state index in [4.69, 9.17) is 29.7 Å². The third-order valence-electron chi connectivity index (χ3n) is 0.694. The van der Waals surface area contributed by atoms with Crippen LogP contribution in [0.1, 0.15) is 0 Å². The van der Waals surface area contributed by atoms with Crippen LogP contribution in [0.15, 0.2) is 0 Å². The molecule has 0 rings (SSSR count). The fourth-order valence-corrected chi connectivity index (χ4v) is 0. The second-order valence-corrected chi connectivity index (χ2v) is 2.36. The normalized spacial score (nSPS) is 10.8. The molecule has 22 heavy (non-hydrogen) atoms. The third kappa shape index (κ3) is 20.7. The maximum atomic E-state index is 10.5. The summed E-state index contributed by atoms with van der Waals surface area (Å²) in [5.74, 6) is -9.02. The van der Waals surface area contributed by atoms with E-state index in [1.807, 2.05) is 0 Å². The molecule has 0 heterocycles. The predicted molar refractivity (Wildman–Crippen MR) is 33.2 cm³/mol. The number of hydrogen-bond donors (Lipinski definition) is 0. The Morgan fingerprint density at radius 1 is 0.500 bits per heavy atom. The van der Waals surface area contributed by atoms with Crippen molar-refractivity contribution in [2.24, 2.45) is 0 Å². The van der Waals surface area contributed by atoms with Gasteiger partial charge >= 0.3 is 38.0 Å². The van der Waals surface area contributed by atoms with Crippen LogP contribution in [0.25, 0.3) is 0 Å². The van der Waals surface area contributed by atoms with Crippen LogP contribution in [-0.2, 0) is 33.9 Å². The van der Waals surface area contributed by atoms with Crippen LogP contribution in [0.5, 0.6) is 0 Å². The van der Waals surface area contributed by atoms with Crippen LogP contribution in [-0.4, -0.2) is 36.4 Å². The SMILES string of the molecule is O=C([O-])C(F)(F)F.O=C([O-])C(F)(F)F.O=C([O-])C(F)(F)F.[Rh+3]. The van der Waals surface area contributed by atoms with Crippen molar-refractivity contribution in [3.05, 3.63) is 0 Å². The minimum absolute atomic E-state index is 0. The summed E-state index contributed by atoms with van der Waals surface area (Å²) in [6.45, 7) is 0. The van der Waals surface area contributed by atoms with Gasteiger partial charge in [-0.15, -0.1) is 0 Å². The fraction of sp³-hybridized carbons (Fsp3) is 0.500. The summed E-state index contributed by atoms with van der Waals surface area (Å²) >= 11 is 0. The predicted octanol–water partition coefficient (Wildman–Crippen LogP) is -2.11. The number of carboxylic acid groups (broad SMARTS) is 3. The Morgan fingerprint density at radius 3 is 0.545 bits per heavy atom. The maximum absolute atomic E-state index is 10.5. The second-order valence-electron chi connectivity index (χ2n) is 2.36. The number of hydrogen-bond acceptors (Lipinski definition) is 6. The molecule has 0 radical (unpaired) electrons. The first-order valence-electron chi connectivity index (χ1n) is 3.68. The number of alkyl halides is 9. The zero-order valence-electron chi connectivity index (χ0n) is 9.18. The summed E-state index contributed by atoms with van der Waals surface area (Å²) in [5.41, 5.74) is 0. The number of carbonyl (C=O) groups is 3. The molecule has 0 aromatic heterocycles. The van der Waals surface area contributed by atoms with E-state index in [9.17, 15) is 39.5 Å². The summed E-state index contributed by atoms with van der Waals surface area (Å²) < 4.78 is 94.6. The van der Waals surface area contributed by atoms with Crippen molar-refractivity contribution < 1.29 is 88.7 Å². The Labute approximate surface area is 126 Å². The fourth-order valence-electron chi connectivity index (χ4n) is 0. The molecule has 0 bridgehead atoms. The quantitative estimate of drug-likeness (QED) is 0.313. The Kier molecular flexibility index (Phi) is 13.2. The first-order valence-corrected chi connectivity index (χ1v) is 3.68. The van der Waals surface area contributed by atoms with Crippen LogP contribution in [0.2, 0.25) is 0 Å². The Morgan fingerprint density at radius 2 is 0.545 bits per heavy atom. The second kappa shape index (κ2) is 10.2. The van der Waals surface area contributed by atoms with Crippen LogP contribution in [0, 0.1) is 0 Å². The maximum Gasteiger partial charge on any atom is 3.00 e. The van der Waals surface area contributed by atoms with Gasteiger partial charge in [0.25, 0.3) is 0 Å². The molecule has 0 fully saturated rings. The minimum Gasteiger partial charge on any atom is -0.542 e. The van der Waals surface area contributed by atoms with E-state index in [2.05, 4.69) is 0 Å².